The van der Waals surface area contributed by atoms with Gasteiger partial charge in [0.25, 0.3) is 0 Å². The molecule has 0 aliphatic heterocycles. The van der Waals surface area contributed by atoms with Gasteiger partial charge in [0.2, 0.25) is 17.7 Å². The Hall–Kier alpha value is -1.81. The molecule has 10 heteroatoms. The molecule has 0 aromatic rings. The van der Waals surface area contributed by atoms with Crippen molar-refractivity contribution in [1.82, 2.24) is 16.0 Å². The first-order chi connectivity index (χ1) is 11.1. The smallest absolute Gasteiger partial charge is 0.322 e. The fourth-order valence-corrected chi connectivity index (χ4v) is 2.03. The predicted octanol–water partition coefficient (Wildman–Crippen LogP) is -1.52. The zero-order valence-electron chi connectivity index (χ0n) is 14.0. The van der Waals surface area contributed by atoms with E-state index < -0.39 is 48.4 Å². The number of rotatable bonds is 10. The quantitative estimate of drug-likeness (QED) is 0.260. The third-order valence-electron chi connectivity index (χ3n) is 3.04. The molecule has 0 heterocycles. The van der Waals surface area contributed by atoms with Gasteiger partial charge in [-0.2, -0.15) is 12.6 Å². The number of carbonyl (C=O) groups excluding carboxylic acids is 3. The largest absolute Gasteiger partial charge is 0.480 e. The second-order valence-electron chi connectivity index (χ2n) is 5.82. The highest BCUT2D eigenvalue weighted by atomic mass is 32.1. The second-order valence-corrected chi connectivity index (χ2v) is 6.19. The normalized spacial score (nSPS) is 14.4. The minimum atomic E-state index is -1.20. The van der Waals surface area contributed by atoms with Gasteiger partial charge in [-0.15, -0.1) is 0 Å². The third-order valence-corrected chi connectivity index (χ3v) is 3.41. The molecule has 0 aromatic heterocycles. The summed E-state index contributed by atoms with van der Waals surface area (Å²) in [6.45, 7) is 4.75. The van der Waals surface area contributed by atoms with Crippen LogP contribution in [0.1, 0.15) is 27.2 Å². The Morgan fingerprint density at radius 3 is 2.08 bits per heavy atom. The molecule has 0 rings (SSSR count). The van der Waals surface area contributed by atoms with Gasteiger partial charge in [-0.1, -0.05) is 13.8 Å². The summed E-state index contributed by atoms with van der Waals surface area (Å²) in [5.41, 5.74) is 5.73. The maximum Gasteiger partial charge on any atom is 0.322 e. The van der Waals surface area contributed by atoms with Crippen molar-refractivity contribution in [3.63, 3.8) is 0 Å². The molecule has 0 saturated carbocycles. The van der Waals surface area contributed by atoms with Crippen LogP contribution in [0.2, 0.25) is 0 Å². The molecule has 9 nitrogen and oxygen atoms in total. The van der Waals surface area contributed by atoms with Crippen LogP contribution in [0.5, 0.6) is 0 Å². The van der Waals surface area contributed by atoms with E-state index in [4.69, 9.17) is 10.8 Å². The minimum absolute atomic E-state index is 0.0231. The van der Waals surface area contributed by atoms with Crippen molar-refractivity contribution in [3.8, 4) is 0 Å². The van der Waals surface area contributed by atoms with Crippen LogP contribution in [0.15, 0.2) is 0 Å². The van der Waals surface area contributed by atoms with Gasteiger partial charge in [0, 0.05) is 5.75 Å². The van der Waals surface area contributed by atoms with Crippen LogP contribution in [-0.4, -0.2) is 59.2 Å². The summed E-state index contributed by atoms with van der Waals surface area (Å²) in [5.74, 6) is -2.71. The molecule has 0 bridgehead atoms. The van der Waals surface area contributed by atoms with Gasteiger partial charge >= 0.3 is 5.97 Å². The van der Waals surface area contributed by atoms with Crippen molar-refractivity contribution in [2.45, 2.75) is 45.3 Å². The topological polar surface area (TPSA) is 151 Å². The van der Waals surface area contributed by atoms with Gasteiger partial charge in [-0.3, -0.25) is 19.2 Å². The van der Waals surface area contributed by atoms with Crippen LogP contribution in [0.3, 0.4) is 0 Å². The van der Waals surface area contributed by atoms with Crippen LogP contribution >= 0.6 is 12.6 Å². The second kappa shape index (κ2) is 10.9. The summed E-state index contributed by atoms with van der Waals surface area (Å²) in [7, 11) is 0. The lowest BCUT2D eigenvalue weighted by Crippen LogP contribution is -2.55. The molecule has 0 aliphatic carbocycles. The first-order valence-corrected chi connectivity index (χ1v) is 8.18. The molecule has 24 heavy (non-hydrogen) atoms. The van der Waals surface area contributed by atoms with Crippen molar-refractivity contribution in [2.75, 3.05) is 12.3 Å². The summed E-state index contributed by atoms with van der Waals surface area (Å²) in [5, 5.41) is 15.5. The maximum absolute atomic E-state index is 12.0. The molecule has 0 saturated heterocycles. The van der Waals surface area contributed by atoms with Crippen LogP contribution < -0.4 is 21.7 Å². The van der Waals surface area contributed by atoms with Gasteiger partial charge in [0.05, 0.1) is 6.04 Å². The van der Waals surface area contributed by atoms with Gasteiger partial charge in [0.1, 0.15) is 18.6 Å². The van der Waals surface area contributed by atoms with Gasteiger partial charge < -0.3 is 26.8 Å². The Morgan fingerprint density at radius 2 is 1.62 bits per heavy atom. The van der Waals surface area contributed by atoms with Crippen LogP contribution in [0.25, 0.3) is 0 Å². The van der Waals surface area contributed by atoms with E-state index in [1.807, 2.05) is 13.8 Å². The van der Waals surface area contributed by atoms with Gasteiger partial charge in [-0.05, 0) is 19.3 Å². The summed E-state index contributed by atoms with van der Waals surface area (Å²) >= 11 is 3.95. The summed E-state index contributed by atoms with van der Waals surface area (Å²) < 4.78 is 0. The number of hydrogen-bond donors (Lipinski definition) is 6. The summed E-state index contributed by atoms with van der Waals surface area (Å²) in [4.78, 5) is 46.1. The van der Waals surface area contributed by atoms with E-state index in [-0.39, 0.29) is 11.7 Å². The monoisotopic (exact) mass is 362 g/mol. The lowest BCUT2D eigenvalue weighted by atomic mass is 10.0. The molecule has 3 amide bonds. The van der Waals surface area contributed by atoms with Crippen LogP contribution in [0.4, 0.5) is 0 Å². The van der Waals surface area contributed by atoms with E-state index in [0.29, 0.717) is 6.42 Å². The molecule has 0 radical (unpaired) electrons. The van der Waals surface area contributed by atoms with Gasteiger partial charge in [-0.25, -0.2) is 0 Å². The zero-order valence-corrected chi connectivity index (χ0v) is 14.9. The minimum Gasteiger partial charge on any atom is -0.480 e. The maximum atomic E-state index is 12.0. The lowest BCUT2D eigenvalue weighted by Gasteiger charge is -2.21. The van der Waals surface area contributed by atoms with E-state index in [1.54, 1.807) is 0 Å². The predicted molar refractivity (Wildman–Crippen MR) is 91.5 cm³/mol. The molecule has 3 atom stereocenters. The first kappa shape index (κ1) is 22.2. The lowest BCUT2D eigenvalue weighted by molar-refractivity contribution is -0.138. The summed E-state index contributed by atoms with van der Waals surface area (Å²) in [6.07, 6.45) is 0.483. The van der Waals surface area contributed by atoms with Crippen LogP contribution in [-0.2, 0) is 19.2 Å². The Balaban J connectivity index is 4.52. The fourth-order valence-electron chi connectivity index (χ4n) is 1.78. The number of aliphatic carboxylic acids is 1. The van der Waals surface area contributed by atoms with Crippen molar-refractivity contribution >= 4 is 36.3 Å². The standard InChI is InChI=1S/C14H26N4O5S/c1-7(2)4-9(15)13(22)17-8(3)12(21)18-10(6-24)14(23)16-5-11(19)20/h7-10,24H,4-6,15H2,1-3H3,(H,16,23)(H,17,22)(H,18,21)(H,19,20). The fraction of sp³-hybridized carbons (Fsp3) is 0.714. The zero-order chi connectivity index (χ0) is 18.9. The van der Waals surface area contributed by atoms with Crippen molar-refractivity contribution in [3.05, 3.63) is 0 Å². The average molecular weight is 362 g/mol. The SMILES string of the molecule is CC(C)CC(N)C(=O)NC(C)C(=O)NC(CS)C(=O)NCC(=O)O. The number of carboxylic acid groups (broad SMARTS) is 1. The Kier molecular flexibility index (Phi) is 10.0. The van der Waals surface area contributed by atoms with Crippen molar-refractivity contribution in [2.24, 2.45) is 11.7 Å². The Morgan fingerprint density at radius 1 is 1.04 bits per heavy atom. The highest BCUT2D eigenvalue weighted by molar-refractivity contribution is 7.80. The van der Waals surface area contributed by atoms with E-state index in [0.717, 1.165) is 0 Å². The van der Waals surface area contributed by atoms with Crippen molar-refractivity contribution in [1.29, 1.82) is 0 Å². The van der Waals surface area contributed by atoms with Crippen LogP contribution in [0, 0.1) is 5.92 Å². The molecule has 138 valence electrons. The Labute approximate surface area is 146 Å². The molecule has 0 fully saturated rings. The summed E-state index contributed by atoms with van der Waals surface area (Å²) in [6, 6.07) is -2.63. The number of nitrogens with two attached hydrogens (primary N) is 1. The molecular formula is C14H26N4O5S. The highest BCUT2D eigenvalue weighted by Gasteiger charge is 2.25. The number of nitrogens with one attached hydrogen (secondary N) is 3. The van der Waals surface area contributed by atoms with E-state index in [1.165, 1.54) is 6.92 Å². The molecule has 0 aromatic carbocycles. The molecule has 0 spiro atoms. The molecular weight excluding hydrogens is 336 g/mol. The number of carboxylic acids is 1. The Bertz CT molecular complexity index is 472. The third kappa shape index (κ3) is 8.73. The first-order valence-electron chi connectivity index (χ1n) is 7.55. The molecule has 0 aliphatic rings. The van der Waals surface area contributed by atoms with E-state index in [2.05, 4.69) is 28.6 Å². The highest BCUT2D eigenvalue weighted by Crippen LogP contribution is 2.03. The van der Waals surface area contributed by atoms with Crippen molar-refractivity contribution < 1.29 is 24.3 Å². The molecule has 6 N–H and O–H groups in total. The average Bonchev–Trinajstić information content (AvgIpc) is 2.48. The van der Waals surface area contributed by atoms with E-state index in [9.17, 15) is 19.2 Å². The van der Waals surface area contributed by atoms with Gasteiger partial charge in [0.15, 0.2) is 0 Å². The number of amides is 3. The molecule has 3 unspecified atom stereocenters. The number of thiol groups is 1. The van der Waals surface area contributed by atoms with E-state index >= 15 is 0 Å². The number of hydrogen-bond acceptors (Lipinski definition) is 6. The number of carbonyl (C=O) groups is 4.